The minimum absolute atomic E-state index is 0.169. The van der Waals surface area contributed by atoms with Crippen LogP contribution in [0, 0.1) is 0 Å². The van der Waals surface area contributed by atoms with Gasteiger partial charge in [0, 0.05) is 4.47 Å². The largest absolute Gasteiger partial charge is 0.492 e. The predicted molar refractivity (Wildman–Crippen MR) is 66.3 cm³/mol. The average Bonchev–Trinajstić information content (AvgIpc) is 2.31. The fraction of sp³-hybridized carbons (Fsp3) is 0.333. The van der Waals surface area contributed by atoms with E-state index >= 15 is 0 Å². The third-order valence-corrected chi connectivity index (χ3v) is 2.46. The monoisotopic (exact) mass is 300 g/mol. The van der Waals surface area contributed by atoms with Gasteiger partial charge in [-0.25, -0.2) is 0 Å². The Hall–Kier alpha value is -1.36. The molecule has 0 aliphatic carbocycles. The predicted octanol–water partition coefficient (Wildman–Crippen LogP) is 2.59. The summed E-state index contributed by atoms with van der Waals surface area (Å²) in [4.78, 5) is 21.8. The second-order valence-electron chi connectivity index (χ2n) is 3.20. The van der Waals surface area contributed by atoms with Gasteiger partial charge in [0.1, 0.15) is 5.75 Å². The van der Waals surface area contributed by atoms with E-state index in [1.165, 1.54) is 0 Å². The minimum Gasteiger partial charge on any atom is -0.492 e. The summed E-state index contributed by atoms with van der Waals surface area (Å²) in [6, 6.07) is 5.11. The average molecular weight is 301 g/mol. The number of aldehydes is 1. The summed E-state index contributed by atoms with van der Waals surface area (Å²) in [5.41, 5.74) is 0.447. The van der Waals surface area contributed by atoms with E-state index in [4.69, 9.17) is 9.47 Å². The second kappa shape index (κ2) is 7.06. The standard InChI is InChI=1S/C12H13BrO4/c1-2-16-12(15)5-6-17-11-4-3-10(13)7-9(11)8-14/h3-4,7-8H,2,5-6H2,1H3. The van der Waals surface area contributed by atoms with Gasteiger partial charge in [0.05, 0.1) is 25.2 Å². The molecular formula is C12H13BrO4. The number of ether oxygens (including phenoxy) is 2. The fourth-order valence-electron chi connectivity index (χ4n) is 1.22. The minimum atomic E-state index is -0.308. The zero-order valence-electron chi connectivity index (χ0n) is 9.44. The van der Waals surface area contributed by atoms with Crippen molar-refractivity contribution in [1.82, 2.24) is 0 Å². The van der Waals surface area contributed by atoms with E-state index in [9.17, 15) is 9.59 Å². The van der Waals surface area contributed by atoms with Crippen molar-refractivity contribution in [3.05, 3.63) is 28.2 Å². The number of carbonyl (C=O) groups is 2. The van der Waals surface area contributed by atoms with Crippen LogP contribution in [0.2, 0.25) is 0 Å². The summed E-state index contributed by atoms with van der Waals surface area (Å²) in [5, 5.41) is 0. The molecule has 1 aromatic carbocycles. The van der Waals surface area contributed by atoms with Crippen molar-refractivity contribution < 1.29 is 19.1 Å². The summed E-state index contributed by atoms with van der Waals surface area (Å²) < 4.78 is 10.9. The second-order valence-corrected chi connectivity index (χ2v) is 4.12. The van der Waals surface area contributed by atoms with Crippen molar-refractivity contribution in [2.45, 2.75) is 13.3 Å². The molecule has 0 aliphatic rings. The number of carbonyl (C=O) groups excluding carboxylic acids is 2. The molecule has 0 N–H and O–H groups in total. The first-order chi connectivity index (χ1) is 8.17. The van der Waals surface area contributed by atoms with Crippen LogP contribution in [-0.2, 0) is 9.53 Å². The molecule has 4 nitrogen and oxygen atoms in total. The number of esters is 1. The van der Waals surface area contributed by atoms with E-state index in [0.29, 0.717) is 24.2 Å². The van der Waals surface area contributed by atoms with E-state index in [-0.39, 0.29) is 19.0 Å². The molecule has 0 heterocycles. The Bertz CT molecular complexity index is 403. The first-order valence-electron chi connectivity index (χ1n) is 5.20. The van der Waals surface area contributed by atoms with E-state index in [2.05, 4.69) is 15.9 Å². The van der Waals surface area contributed by atoms with Crippen LogP contribution in [0.1, 0.15) is 23.7 Å². The van der Waals surface area contributed by atoms with Crippen molar-refractivity contribution in [2.24, 2.45) is 0 Å². The Labute approximate surface area is 108 Å². The van der Waals surface area contributed by atoms with E-state index in [0.717, 1.165) is 4.47 Å². The van der Waals surface area contributed by atoms with Gasteiger partial charge in [0.25, 0.3) is 0 Å². The van der Waals surface area contributed by atoms with Gasteiger partial charge in [-0.3, -0.25) is 9.59 Å². The lowest BCUT2D eigenvalue weighted by Crippen LogP contribution is -2.10. The topological polar surface area (TPSA) is 52.6 Å². The van der Waals surface area contributed by atoms with Gasteiger partial charge in [-0.1, -0.05) is 15.9 Å². The molecule has 0 fully saturated rings. The molecule has 0 saturated carbocycles. The number of hydrogen-bond donors (Lipinski definition) is 0. The SMILES string of the molecule is CCOC(=O)CCOc1ccc(Br)cc1C=O. The van der Waals surface area contributed by atoms with E-state index in [1.807, 2.05) is 0 Å². The van der Waals surface area contributed by atoms with Crippen molar-refractivity contribution in [3.8, 4) is 5.75 Å². The number of hydrogen-bond acceptors (Lipinski definition) is 4. The van der Waals surface area contributed by atoms with Gasteiger partial charge >= 0.3 is 5.97 Å². The number of halogens is 1. The van der Waals surface area contributed by atoms with Gasteiger partial charge in [-0.2, -0.15) is 0 Å². The van der Waals surface area contributed by atoms with Crippen molar-refractivity contribution in [1.29, 1.82) is 0 Å². The third kappa shape index (κ3) is 4.56. The zero-order chi connectivity index (χ0) is 12.7. The van der Waals surface area contributed by atoms with Crippen molar-refractivity contribution in [3.63, 3.8) is 0 Å². The van der Waals surface area contributed by atoms with Gasteiger partial charge in [0.2, 0.25) is 0 Å². The Kier molecular flexibility index (Phi) is 5.69. The van der Waals surface area contributed by atoms with Crippen molar-refractivity contribution in [2.75, 3.05) is 13.2 Å². The Morgan fingerprint density at radius 1 is 1.47 bits per heavy atom. The fourth-order valence-corrected chi connectivity index (χ4v) is 1.60. The van der Waals surface area contributed by atoms with Crippen LogP contribution in [-0.4, -0.2) is 25.5 Å². The molecule has 92 valence electrons. The number of benzene rings is 1. The Balaban J connectivity index is 2.51. The molecule has 0 amide bonds. The molecule has 0 bridgehead atoms. The molecule has 1 rings (SSSR count). The van der Waals surface area contributed by atoms with Crippen molar-refractivity contribution >= 4 is 28.2 Å². The number of rotatable bonds is 6. The highest BCUT2D eigenvalue weighted by Gasteiger charge is 2.06. The molecule has 0 saturated heterocycles. The molecule has 0 unspecified atom stereocenters. The summed E-state index contributed by atoms with van der Waals surface area (Å²) in [5.74, 6) is 0.157. The molecule has 17 heavy (non-hydrogen) atoms. The molecule has 5 heteroatoms. The first-order valence-corrected chi connectivity index (χ1v) is 5.99. The summed E-state index contributed by atoms with van der Waals surface area (Å²) in [7, 11) is 0. The summed E-state index contributed by atoms with van der Waals surface area (Å²) >= 11 is 3.26. The molecule has 0 radical (unpaired) electrons. The lowest BCUT2D eigenvalue weighted by molar-refractivity contribution is -0.143. The van der Waals surface area contributed by atoms with Crippen LogP contribution in [0.3, 0.4) is 0 Å². The van der Waals surface area contributed by atoms with Crippen LogP contribution in [0.4, 0.5) is 0 Å². The van der Waals surface area contributed by atoms with Crippen LogP contribution in [0.5, 0.6) is 5.75 Å². The smallest absolute Gasteiger partial charge is 0.309 e. The lowest BCUT2D eigenvalue weighted by atomic mass is 10.2. The van der Waals surface area contributed by atoms with Crippen LogP contribution in [0.25, 0.3) is 0 Å². The first kappa shape index (κ1) is 13.7. The maximum atomic E-state index is 11.1. The van der Waals surface area contributed by atoms with E-state index < -0.39 is 0 Å². The van der Waals surface area contributed by atoms with Gasteiger partial charge in [0.15, 0.2) is 6.29 Å². The molecule has 0 atom stereocenters. The highest BCUT2D eigenvalue weighted by Crippen LogP contribution is 2.21. The quantitative estimate of drug-likeness (QED) is 0.598. The highest BCUT2D eigenvalue weighted by atomic mass is 79.9. The molecular weight excluding hydrogens is 288 g/mol. The maximum absolute atomic E-state index is 11.1. The highest BCUT2D eigenvalue weighted by molar-refractivity contribution is 9.10. The third-order valence-electron chi connectivity index (χ3n) is 1.97. The van der Waals surface area contributed by atoms with Crippen LogP contribution >= 0.6 is 15.9 Å². The Morgan fingerprint density at radius 2 is 2.24 bits per heavy atom. The lowest BCUT2D eigenvalue weighted by Gasteiger charge is -2.08. The summed E-state index contributed by atoms with van der Waals surface area (Å²) in [6.07, 6.45) is 0.882. The van der Waals surface area contributed by atoms with Gasteiger partial charge < -0.3 is 9.47 Å². The normalized spacial score (nSPS) is 9.76. The molecule has 0 spiro atoms. The molecule has 1 aromatic rings. The zero-order valence-corrected chi connectivity index (χ0v) is 11.0. The van der Waals surface area contributed by atoms with Gasteiger partial charge in [-0.15, -0.1) is 0 Å². The molecule has 0 aliphatic heterocycles. The van der Waals surface area contributed by atoms with Crippen LogP contribution in [0.15, 0.2) is 22.7 Å². The molecule has 0 aromatic heterocycles. The Morgan fingerprint density at radius 3 is 2.88 bits per heavy atom. The van der Waals surface area contributed by atoms with E-state index in [1.54, 1.807) is 25.1 Å². The maximum Gasteiger partial charge on any atom is 0.309 e. The van der Waals surface area contributed by atoms with Crippen LogP contribution < -0.4 is 4.74 Å². The van der Waals surface area contributed by atoms with Gasteiger partial charge in [-0.05, 0) is 25.1 Å². The summed E-state index contributed by atoms with van der Waals surface area (Å²) in [6.45, 7) is 2.30.